The summed E-state index contributed by atoms with van der Waals surface area (Å²) in [6.07, 6.45) is 5.94. The summed E-state index contributed by atoms with van der Waals surface area (Å²) in [6, 6.07) is 0. The number of H-pyrrole nitrogens is 1. The maximum atomic E-state index is 12.4. The Morgan fingerprint density at radius 3 is 3.08 bits per heavy atom. The molecule has 1 aliphatic rings. The van der Waals surface area contributed by atoms with Crippen LogP contribution >= 0.6 is 34.4 Å². The number of carbonyl (C=O) groups excluding carboxylic acids is 1. The molecule has 3 heterocycles. The van der Waals surface area contributed by atoms with Crippen LogP contribution in [0.15, 0.2) is 21.5 Å². The van der Waals surface area contributed by atoms with Crippen LogP contribution < -0.4 is 10.9 Å². The fourth-order valence-corrected chi connectivity index (χ4v) is 5.31. The Bertz CT molecular complexity index is 946. The van der Waals surface area contributed by atoms with Gasteiger partial charge in [0.05, 0.1) is 11.1 Å². The number of nitrogens with zero attached hydrogens (tertiary/aromatic N) is 2. The highest BCUT2D eigenvalue weighted by molar-refractivity contribution is 7.99. The van der Waals surface area contributed by atoms with Crippen LogP contribution in [0.4, 0.5) is 5.13 Å². The first-order chi connectivity index (χ1) is 11.7. The number of thioether (sulfide) groups is 1. The van der Waals surface area contributed by atoms with E-state index in [0.29, 0.717) is 10.3 Å². The van der Waals surface area contributed by atoms with Gasteiger partial charge >= 0.3 is 0 Å². The Balaban J connectivity index is 1.52. The maximum Gasteiger partial charge on any atom is 0.260 e. The van der Waals surface area contributed by atoms with Crippen molar-refractivity contribution >= 4 is 55.7 Å². The summed E-state index contributed by atoms with van der Waals surface area (Å²) in [5, 5.41) is 6.32. The summed E-state index contributed by atoms with van der Waals surface area (Å²) in [5.74, 6) is 0.0159. The van der Waals surface area contributed by atoms with Gasteiger partial charge in [-0.15, -0.1) is 22.7 Å². The molecule has 3 aromatic heterocycles. The maximum absolute atomic E-state index is 12.4. The smallest absolute Gasteiger partial charge is 0.260 e. The molecule has 0 aromatic carbocycles. The van der Waals surface area contributed by atoms with Gasteiger partial charge in [0.2, 0.25) is 5.91 Å². The average Bonchev–Trinajstić information content (AvgIpc) is 3.19. The predicted octanol–water partition coefficient (Wildman–Crippen LogP) is 3.05. The van der Waals surface area contributed by atoms with Crippen molar-refractivity contribution in [2.24, 2.45) is 0 Å². The van der Waals surface area contributed by atoms with Crippen LogP contribution in [0.25, 0.3) is 10.2 Å². The zero-order chi connectivity index (χ0) is 16.5. The van der Waals surface area contributed by atoms with Crippen LogP contribution in [-0.2, 0) is 17.6 Å². The fraction of sp³-hybridized carbons (Fsp3) is 0.333. The van der Waals surface area contributed by atoms with E-state index in [0.717, 1.165) is 29.5 Å². The number of aryl methyl sites for hydroxylation is 2. The van der Waals surface area contributed by atoms with Crippen LogP contribution in [0, 0.1) is 0 Å². The van der Waals surface area contributed by atoms with Crippen LogP contribution in [0.2, 0.25) is 0 Å². The zero-order valence-electron chi connectivity index (χ0n) is 12.6. The second-order valence-electron chi connectivity index (χ2n) is 5.44. The molecule has 0 aliphatic heterocycles. The molecule has 24 heavy (non-hydrogen) atoms. The molecule has 0 atom stereocenters. The Morgan fingerprint density at radius 2 is 2.25 bits per heavy atom. The molecule has 1 amide bonds. The average molecular weight is 379 g/mol. The second kappa shape index (κ2) is 6.66. The number of aromatic amines is 1. The molecule has 4 rings (SSSR count). The van der Waals surface area contributed by atoms with Crippen LogP contribution in [0.1, 0.15) is 23.3 Å². The molecule has 6 nitrogen and oxygen atoms in total. The van der Waals surface area contributed by atoms with Gasteiger partial charge in [-0.2, -0.15) is 0 Å². The van der Waals surface area contributed by atoms with Crippen molar-refractivity contribution in [3.63, 3.8) is 0 Å². The molecule has 0 spiro atoms. The van der Waals surface area contributed by atoms with E-state index < -0.39 is 0 Å². The molecule has 0 unspecified atom stereocenters. The fourth-order valence-electron chi connectivity index (χ4n) is 2.79. The third kappa shape index (κ3) is 3.11. The monoisotopic (exact) mass is 378 g/mol. The molecule has 0 radical (unpaired) electrons. The molecule has 124 valence electrons. The number of nitrogens with one attached hydrogen (secondary N) is 2. The lowest BCUT2D eigenvalue weighted by molar-refractivity contribution is -0.113. The van der Waals surface area contributed by atoms with Gasteiger partial charge in [0.1, 0.15) is 4.83 Å². The molecule has 9 heteroatoms. The van der Waals surface area contributed by atoms with Gasteiger partial charge in [-0.05, 0) is 31.2 Å². The first-order valence-electron chi connectivity index (χ1n) is 7.57. The second-order valence-corrected chi connectivity index (χ2v) is 8.38. The van der Waals surface area contributed by atoms with E-state index in [4.69, 9.17) is 0 Å². The molecule has 1 aliphatic carbocycles. The van der Waals surface area contributed by atoms with Crippen molar-refractivity contribution in [1.29, 1.82) is 0 Å². The third-order valence-electron chi connectivity index (χ3n) is 3.82. The lowest BCUT2D eigenvalue weighted by Crippen LogP contribution is -2.15. The summed E-state index contributed by atoms with van der Waals surface area (Å²) >= 11 is 4.21. The topological polar surface area (TPSA) is 87.7 Å². The van der Waals surface area contributed by atoms with Gasteiger partial charge < -0.3 is 10.3 Å². The summed E-state index contributed by atoms with van der Waals surface area (Å²) in [4.78, 5) is 37.8. The molecule has 0 fully saturated rings. The predicted molar refractivity (Wildman–Crippen MR) is 98.4 cm³/mol. The number of hydrogen-bond acceptors (Lipinski definition) is 7. The quantitative estimate of drug-likeness (QED) is 0.538. The van der Waals surface area contributed by atoms with Gasteiger partial charge in [0.25, 0.3) is 5.56 Å². The molecule has 0 saturated heterocycles. The molecular formula is C15H14N4O2S3. The van der Waals surface area contributed by atoms with Gasteiger partial charge in [-0.3, -0.25) is 9.59 Å². The highest BCUT2D eigenvalue weighted by Crippen LogP contribution is 2.34. The lowest BCUT2D eigenvalue weighted by Gasteiger charge is -2.09. The first kappa shape index (κ1) is 15.8. The number of amides is 1. The molecular weight excluding hydrogens is 364 g/mol. The van der Waals surface area contributed by atoms with E-state index in [1.165, 1.54) is 40.0 Å². The van der Waals surface area contributed by atoms with Crippen molar-refractivity contribution in [3.05, 3.63) is 32.4 Å². The highest BCUT2D eigenvalue weighted by atomic mass is 32.2. The van der Waals surface area contributed by atoms with Crippen molar-refractivity contribution in [2.45, 2.75) is 30.8 Å². The van der Waals surface area contributed by atoms with E-state index in [1.54, 1.807) is 22.9 Å². The Labute approximate surface area is 149 Å². The molecule has 0 saturated carbocycles. The number of thiophene rings is 1. The Kier molecular flexibility index (Phi) is 4.38. The van der Waals surface area contributed by atoms with Gasteiger partial charge in [-0.1, -0.05) is 11.8 Å². The van der Waals surface area contributed by atoms with E-state index in [2.05, 4.69) is 20.3 Å². The van der Waals surface area contributed by atoms with Gasteiger partial charge in [0.15, 0.2) is 10.3 Å². The zero-order valence-corrected chi connectivity index (χ0v) is 15.1. The van der Waals surface area contributed by atoms with Crippen LogP contribution in [0.3, 0.4) is 0 Å². The van der Waals surface area contributed by atoms with Crippen LogP contribution in [-0.4, -0.2) is 26.6 Å². The van der Waals surface area contributed by atoms with E-state index in [9.17, 15) is 9.59 Å². The summed E-state index contributed by atoms with van der Waals surface area (Å²) in [5.41, 5.74) is 1.08. The molecule has 3 aromatic rings. The third-order valence-corrected chi connectivity index (χ3v) is 6.57. The SMILES string of the molecule is O=C(CSc1nc2sc3c(c2c(=O)[nH]1)CCCC3)Nc1nccs1. The minimum atomic E-state index is -0.164. The van der Waals surface area contributed by atoms with Crippen molar-refractivity contribution in [3.8, 4) is 0 Å². The normalized spacial score (nSPS) is 13.8. The minimum absolute atomic E-state index is 0.0952. The van der Waals surface area contributed by atoms with E-state index >= 15 is 0 Å². The van der Waals surface area contributed by atoms with Crippen molar-refractivity contribution in [2.75, 3.05) is 11.1 Å². The van der Waals surface area contributed by atoms with Crippen LogP contribution in [0.5, 0.6) is 0 Å². The highest BCUT2D eigenvalue weighted by Gasteiger charge is 2.20. The number of rotatable bonds is 4. The standard InChI is InChI=1S/C15H14N4O2S3/c20-10(17-14-16-5-6-22-14)7-23-15-18-12(21)11-8-3-1-2-4-9(8)24-13(11)19-15/h5-6H,1-4,7H2,(H,16,17,20)(H,18,19,21). The summed E-state index contributed by atoms with van der Waals surface area (Å²) in [6.45, 7) is 0. The number of fused-ring (bicyclic) bond motifs is 3. The van der Waals surface area contributed by atoms with Crippen molar-refractivity contribution < 1.29 is 4.79 Å². The van der Waals surface area contributed by atoms with Crippen molar-refractivity contribution in [1.82, 2.24) is 15.0 Å². The minimum Gasteiger partial charge on any atom is -0.301 e. The Hall–Kier alpha value is -1.71. The lowest BCUT2D eigenvalue weighted by atomic mass is 9.97. The molecule has 2 N–H and O–H groups in total. The number of anilines is 1. The summed E-state index contributed by atoms with van der Waals surface area (Å²) < 4.78 is 0. The largest absolute Gasteiger partial charge is 0.301 e. The van der Waals surface area contributed by atoms with Gasteiger partial charge in [-0.25, -0.2) is 9.97 Å². The Morgan fingerprint density at radius 1 is 1.38 bits per heavy atom. The van der Waals surface area contributed by atoms with E-state index in [1.807, 2.05) is 0 Å². The number of thiazole rings is 1. The van der Waals surface area contributed by atoms with E-state index in [-0.39, 0.29) is 17.2 Å². The van der Waals surface area contributed by atoms with Gasteiger partial charge in [0, 0.05) is 16.5 Å². The molecule has 0 bridgehead atoms. The number of carbonyl (C=O) groups is 1. The number of aromatic nitrogens is 3. The summed E-state index contributed by atoms with van der Waals surface area (Å²) in [7, 11) is 0. The number of hydrogen-bond donors (Lipinski definition) is 2. The first-order valence-corrected chi connectivity index (χ1v) is 10.3.